The number of ether oxygens (including phenoxy) is 3. The van der Waals surface area contributed by atoms with Gasteiger partial charge in [-0.1, -0.05) is 29.8 Å². The summed E-state index contributed by atoms with van der Waals surface area (Å²) in [5, 5.41) is 0.351. The summed E-state index contributed by atoms with van der Waals surface area (Å²) >= 11 is 7.27. The molecule has 11 heteroatoms. The first kappa shape index (κ1) is 27.8. The lowest BCUT2D eigenvalue weighted by atomic mass is 10.0. The van der Waals surface area contributed by atoms with Crippen LogP contribution in [0.15, 0.2) is 48.5 Å². The first-order chi connectivity index (χ1) is 20.0. The highest BCUT2D eigenvalue weighted by molar-refractivity contribution is 7.20. The van der Waals surface area contributed by atoms with Crippen molar-refractivity contribution in [1.29, 1.82) is 0 Å². The smallest absolute Gasteiger partial charge is 0.348 e. The molecule has 0 bridgehead atoms. The van der Waals surface area contributed by atoms with Gasteiger partial charge in [-0.2, -0.15) is 0 Å². The lowest BCUT2D eigenvalue weighted by Gasteiger charge is -2.29. The van der Waals surface area contributed by atoms with E-state index in [0.717, 1.165) is 66.5 Å². The molecule has 5 heterocycles. The molecular formula is C30H30ClFN4O4S. The SMILES string of the molecule is CCOC(=O)c1cc2nc(CN3CC=C(c4cccc(OCc5ccc(Cl)cc5F)n4)CC3)n(C[C@@H]3CCO3)c2s1. The Morgan fingerprint density at radius 3 is 2.85 bits per heavy atom. The first-order valence-corrected chi connectivity index (χ1v) is 14.9. The molecule has 0 radical (unpaired) electrons. The molecule has 0 unspecified atom stereocenters. The van der Waals surface area contributed by atoms with E-state index >= 15 is 0 Å². The van der Waals surface area contributed by atoms with Gasteiger partial charge in [-0.25, -0.2) is 19.2 Å². The van der Waals surface area contributed by atoms with Crippen LogP contribution in [0.2, 0.25) is 5.02 Å². The van der Waals surface area contributed by atoms with Crippen molar-refractivity contribution in [3.8, 4) is 5.88 Å². The van der Waals surface area contributed by atoms with E-state index in [1.54, 1.807) is 25.1 Å². The zero-order valence-electron chi connectivity index (χ0n) is 22.6. The highest BCUT2D eigenvalue weighted by atomic mass is 35.5. The quantitative estimate of drug-likeness (QED) is 0.204. The van der Waals surface area contributed by atoms with Crippen LogP contribution in [-0.4, -0.2) is 57.8 Å². The van der Waals surface area contributed by atoms with Gasteiger partial charge in [0.2, 0.25) is 5.88 Å². The molecule has 0 spiro atoms. The number of pyridine rings is 1. The maximum absolute atomic E-state index is 14.1. The highest BCUT2D eigenvalue weighted by Crippen LogP contribution is 2.31. The minimum absolute atomic E-state index is 0.0730. The van der Waals surface area contributed by atoms with E-state index in [9.17, 15) is 9.18 Å². The third kappa shape index (κ3) is 6.30. The van der Waals surface area contributed by atoms with Gasteiger partial charge in [0.15, 0.2) is 0 Å². The maximum atomic E-state index is 14.1. The fourth-order valence-electron chi connectivity index (χ4n) is 4.96. The Morgan fingerprint density at radius 1 is 1.24 bits per heavy atom. The molecule has 1 saturated heterocycles. The standard InChI is InChI=1S/C30H30ClFN4O4S/c1-2-38-30(37)26-15-25-29(41-26)36(16-22-10-13-39-22)27(33-25)17-35-11-8-19(9-12-35)24-4-3-5-28(34-24)40-18-20-6-7-21(31)14-23(20)32/h3-8,14-15,22H,2,9-13,16-18H2,1H3/t22-/m0/s1. The molecule has 4 aromatic rings. The number of rotatable bonds is 10. The van der Waals surface area contributed by atoms with Gasteiger partial charge in [-0.05, 0) is 49.6 Å². The molecule has 8 nitrogen and oxygen atoms in total. The highest BCUT2D eigenvalue weighted by Gasteiger charge is 2.25. The number of hydrogen-bond donors (Lipinski definition) is 0. The van der Waals surface area contributed by atoms with Crippen LogP contribution in [-0.2, 0) is 29.2 Å². The molecule has 1 fully saturated rings. The third-order valence-electron chi connectivity index (χ3n) is 7.26. The molecule has 1 atom stereocenters. The van der Waals surface area contributed by atoms with Crippen molar-refractivity contribution >= 4 is 44.8 Å². The lowest BCUT2D eigenvalue weighted by Crippen LogP contribution is -2.33. The predicted octanol–water partition coefficient (Wildman–Crippen LogP) is 6.12. The number of hydrogen-bond acceptors (Lipinski definition) is 8. The summed E-state index contributed by atoms with van der Waals surface area (Å²) in [7, 11) is 0. The normalized spacial score (nSPS) is 17.3. The van der Waals surface area contributed by atoms with Gasteiger partial charge in [-0.3, -0.25) is 4.90 Å². The van der Waals surface area contributed by atoms with Crippen LogP contribution < -0.4 is 4.74 Å². The van der Waals surface area contributed by atoms with Crippen molar-refractivity contribution in [3.05, 3.63) is 81.3 Å². The average Bonchev–Trinajstić information content (AvgIpc) is 3.49. The Hall–Kier alpha value is -3.31. The summed E-state index contributed by atoms with van der Waals surface area (Å²) in [6, 6.07) is 12.0. The summed E-state index contributed by atoms with van der Waals surface area (Å²) in [6.45, 7) is 6.03. The molecule has 2 aliphatic rings. The predicted molar refractivity (Wildman–Crippen MR) is 156 cm³/mol. The molecule has 0 aliphatic carbocycles. The van der Waals surface area contributed by atoms with Crippen molar-refractivity contribution in [2.75, 3.05) is 26.3 Å². The Morgan fingerprint density at radius 2 is 2.12 bits per heavy atom. The van der Waals surface area contributed by atoms with Crippen molar-refractivity contribution in [3.63, 3.8) is 0 Å². The Kier molecular flexibility index (Phi) is 8.34. The average molecular weight is 597 g/mol. The number of carbonyl (C=O) groups is 1. The zero-order valence-corrected chi connectivity index (χ0v) is 24.2. The minimum atomic E-state index is -0.399. The second kappa shape index (κ2) is 12.3. The molecule has 3 aromatic heterocycles. The fourth-order valence-corrected chi connectivity index (χ4v) is 6.14. The molecule has 0 amide bonds. The molecule has 2 aliphatic heterocycles. The van der Waals surface area contributed by atoms with Gasteiger partial charge >= 0.3 is 5.97 Å². The third-order valence-corrected chi connectivity index (χ3v) is 8.62. The molecule has 41 heavy (non-hydrogen) atoms. The van der Waals surface area contributed by atoms with Gasteiger partial charge in [-0.15, -0.1) is 11.3 Å². The van der Waals surface area contributed by atoms with Gasteiger partial charge in [0.25, 0.3) is 0 Å². The zero-order chi connectivity index (χ0) is 28.3. The number of aromatic nitrogens is 3. The number of thiophene rings is 1. The molecule has 0 saturated carbocycles. The molecular weight excluding hydrogens is 567 g/mol. The number of benzene rings is 1. The van der Waals surface area contributed by atoms with Crippen LogP contribution >= 0.6 is 22.9 Å². The molecule has 0 N–H and O–H groups in total. The van der Waals surface area contributed by atoms with Crippen LogP contribution in [0.25, 0.3) is 15.9 Å². The van der Waals surface area contributed by atoms with E-state index in [2.05, 4.69) is 20.5 Å². The Bertz CT molecular complexity index is 1600. The lowest BCUT2D eigenvalue weighted by molar-refractivity contribution is -0.0591. The van der Waals surface area contributed by atoms with Gasteiger partial charge in [0.05, 0.1) is 31.5 Å². The van der Waals surface area contributed by atoms with Crippen molar-refractivity contribution in [2.24, 2.45) is 0 Å². The largest absolute Gasteiger partial charge is 0.473 e. The summed E-state index contributed by atoms with van der Waals surface area (Å²) < 4.78 is 33.0. The number of carbonyl (C=O) groups excluding carboxylic acids is 1. The van der Waals surface area contributed by atoms with Crippen LogP contribution in [0.1, 0.15) is 46.5 Å². The number of fused-ring (bicyclic) bond motifs is 1. The van der Waals surface area contributed by atoms with Crippen LogP contribution in [0, 0.1) is 5.82 Å². The van der Waals surface area contributed by atoms with Crippen LogP contribution in [0.3, 0.4) is 0 Å². The topological polar surface area (TPSA) is 78.7 Å². The van der Waals surface area contributed by atoms with E-state index < -0.39 is 5.82 Å². The van der Waals surface area contributed by atoms with Gasteiger partial charge in [0, 0.05) is 36.3 Å². The van der Waals surface area contributed by atoms with E-state index in [-0.39, 0.29) is 18.7 Å². The van der Waals surface area contributed by atoms with Gasteiger partial charge < -0.3 is 18.8 Å². The van der Waals surface area contributed by atoms with Crippen LogP contribution in [0.4, 0.5) is 4.39 Å². The van der Waals surface area contributed by atoms with Crippen LogP contribution in [0.5, 0.6) is 5.88 Å². The van der Waals surface area contributed by atoms with Crippen molar-refractivity contribution in [1.82, 2.24) is 19.4 Å². The summed E-state index contributed by atoms with van der Waals surface area (Å²) in [5.74, 6) is 0.709. The van der Waals surface area contributed by atoms with Crippen molar-refractivity contribution in [2.45, 2.75) is 45.6 Å². The van der Waals surface area contributed by atoms with Gasteiger partial charge in [0.1, 0.15) is 33.5 Å². The Balaban J connectivity index is 1.13. The number of halogens is 2. The fraction of sp³-hybridized carbons (Fsp3) is 0.367. The monoisotopic (exact) mass is 596 g/mol. The molecule has 214 valence electrons. The van der Waals surface area contributed by atoms with Crippen molar-refractivity contribution < 1.29 is 23.4 Å². The second-order valence-electron chi connectivity index (χ2n) is 10.0. The summed E-state index contributed by atoms with van der Waals surface area (Å²) in [5.41, 5.74) is 3.25. The van der Waals surface area contributed by atoms with E-state index in [0.29, 0.717) is 34.5 Å². The Labute approximate surface area is 246 Å². The summed E-state index contributed by atoms with van der Waals surface area (Å²) in [4.78, 5) is 25.8. The summed E-state index contributed by atoms with van der Waals surface area (Å²) in [6.07, 6.45) is 4.22. The maximum Gasteiger partial charge on any atom is 0.348 e. The molecule has 1 aromatic carbocycles. The number of esters is 1. The minimum Gasteiger partial charge on any atom is -0.473 e. The van der Waals surface area contributed by atoms with E-state index in [1.807, 2.05) is 18.2 Å². The first-order valence-electron chi connectivity index (χ1n) is 13.7. The van der Waals surface area contributed by atoms with E-state index in [4.69, 9.17) is 30.8 Å². The molecule has 6 rings (SSSR count). The second-order valence-corrected chi connectivity index (χ2v) is 11.5. The number of imidazole rings is 1. The number of nitrogens with zero attached hydrogens (tertiary/aromatic N) is 4. The van der Waals surface area contributed by atoms with E-state index in [1.165, 1.54) is 17.4 Å².